The summed E-state index contributed by atoms with van der Waals surface area (Å²) in [6.45, 7) is 3.30. The average Bonchev–Trinajstić information content (AvgIpc) is 2.98. The largest absolute Gasteiger partial charge is 0.479 e. The third-order valence-electron chi connectivity index (χ3n) is 5.01. The van der Waals surface area contributed by atoms with Gasteiger partial charge in [0, 0.05) is 17.9 Å². The Morgan fingerprint density at radius 1 is 1.07 bits per heavy atom. The molecular weight excluding hydrogens is 346 g/mol. The first-order chi connectivity index (χ1) is 12.8. The molecule has 2 aromatic rings. The van der Waals surface area contributed by atoms with E-state index in [-0.39, 0.29) is 19.1 Å². The molecule has 1 atom stereocenters. The number of aliphatic hydroxyl groups is 1. The summed E-state index contributed by atoms with van der Waals surface area (Å²) in [4.78, 5) is 23.0. The predicted octanol–water partition coefficient (Wildman–Crippen LogP) is 3.00. The zero-order chi connectivity index (χ0) is 19.6. The van der Waals surface area contributed by atoms with E-state index in [9.17, 15) is 14.7 Å². The van der Waals surface area contributed by atoms with Gasteiger partial charge in [-0.2, -0.15) is 0 Å². The smallest absolute Gasteiger partial charge is 0.407 e. The van der Waals surface area contributed by atoms with Gasteiger partial charge in [-0.3, -0.25) is 0 Å². The molecule has 6 nitrogen and oxygen atoms in total. The minimum Gasteiger partial charge on any atom is -0.479 e. The van der Waals surface area contributed by atoms with Crippen molar-refractivity contribution in [1.82, 2.24) is 5.32 Å². The maximum atomic E-state index is 12.1. The lowest BCUT2D eigenvalue weighted by atomic mass is 9.86. The van der Waals surface area contributed by atoms with E-state index < -0.39 is 23.6 Å². The van der Waals surface area contributed by atoms with E-state index >= 15 is 0 Å². The highest BCUT2D eigenvalue weighted by Gasteiger charge is 2.34. The maximum absolute atomic E-state index is 12.1. The van der Waals surface area contributed by atoms with Gasteiger partial charge < -0.3 is 20.3 Å². The molecule has 0 saturated heterocycles. The fraction of sp³-hybridized carbons (Fsp3) is 0.333. The van der Waals surface area contributed by atoms with E-state index in [4.69, 9.17) is 9.84 Å². The van der Waals surface area contributed by atoms with Gasteiger partial charge in [0.1, 0.15) is 6.61 Å². The molecule has 0 bridgehead atoms. The Labute approximate surface area is 157 Å². The van der Waals surface area contributed by atoms with Gasteiger partial charge in [0.05, 0.1) is 0 Å². The summed E-state index contributed by atoms with van der Waals surface area (Å²) in [6, 6.07) is 16.1. The Morgan fingerprint density at radius 3 is 2.11 bits per heavy atom. The molecule has 3 rings (SSSR count). The molecule has 1 unspecified atom stereocenters. The van der Waals surface area contributed by atoms with Crippen LogP contribution in [0.25, 0.3) is 11.1 Å². The van der Waals surface area contributed by atoms with Crippen molar-refractivity contribution in [3.63, 3.8) is 0 Å². The van der Waals surface area contributed by atoms with Crippen LogP contribution in [0.5, 0.6) is 0 Å². The van der Waals surface area contributed by atoms with Gasteiger partial charge in [0.25, 0.3) is 0 Å². The monoisotopic (exact) mass is 369 g/mol. The molecule has 3 N–H and O–H groups in total. The number of nitrogens with one attached hydrogen (secondary N) is 1. The molecule has 0 heterocycles. The molecule has 0 saturated carbocycles. The number of aliphatic carboxylic acids is 1. The second-order valence-electron chi connectivity index (χ2n) is 7.41. The number of carboxylic acids is 1. The first kappa shape index (κ1) is 18.9. The lowest BCUT2D eigenvalue weighted by Gasteiger charge is -2.27. The lowest BCUT2D eigenvalue weighted by Crippen LogP contribution is -2.45. The van der Waals surface area contributed by atoms with Crippen LogP contribution in [0.1, 0.15) is 30.9 Å². The Balaban J connectivity index is 1.64. The molecule has 6 heteroatoms. The number of carbonyl (C=O) groups excluding carboxylic acids is 1. The van der Waals surface area contributed by atoms with Crippen LogP contribution in [0.3, 0.4) is 0 Å². The number of hydrogen-bond donors (Lipinski definition) is 3. The molecule has 0 aromatic heterocycles. The number of benzene rings is 2. The van der Waals surface area contributed by atoms with E-state index in [1.54, 1.807) is 13.8 Å². The van der Waals surface area contributed by atoms with Gasteiger partial charge in [-0.1, -0.05) is 62.4 Å². The summed E-state index contributed by atoms with van der Waals surface area (Å²) in [5.41, 5.74) is 3.51. The lowest BCUT2D eigenvalue weighted by molar-refractivity contribution is -0.152. The third-order valence-corrected chi connectivity index (χ3v) is 5.01. The van der Waals surface area contributed by atoms with Crippen molar-refractivity contribution in [2.45, 2.75) is 25.9 Å². The van der Waals surface area contributed by atoms with Crippen molar-refractivity contribution in [2.24, 2.45) is 5.41 Å². The molecule has 2 aromatic carbocycles. The zero-order valence-corrected chi connectivity index (χ0v) is 15.3. The number of ether oxygens (including phenoxy) is 1. The topological polar surface area (TPSA) is 95.9 Å². The van der Waals surface area contributed by atoms with Crippen LogP contribution in [0.4, 0.5) is 4.79 Å². The fourth-order valence-electron chi connectivity index (χ4n) is 3.38. The molecule has 27 heavy (non-hydrogen) atoms. The van der Waals surface area contributed by atoms with Crippen LogP contribution in [0.15, 0.2) is 48.5 Å². The third kappa shape index (κ3) is 3.80. The van der Waals surface area contributed by atoms with Crippen molar-refractivity contribution < 1.29 is 24.5 Å². The summed E-state index contributed by atoms with van der Waals surface area (Å²) in [7, 11) is 0. The van der Waals surface area contributed by atoms with Crippen LogP contribution in [0.2, 0.25) is 0 Å². The van der Waals surface area contributed by atoms with E-state index in [0.29, 0.717) is 0 Å². The first-order valence-electron chi connectivity index (χ1n) is 8.81. The Kier molecular flexibility index (Phi) is 5.19. The molecule has 142 valence electrons. The molecule has 0 spiro atoms. The van der Waals surface area contributed by atoms with Gasteiger partial charge in [0.15, 0.2) is 6.10 Å². The SMILES string of the molecule is CC(C)(CNC(=O)OCC1c2ccccc2-c2ccccc21)C(O)C(=O)O. The van der Waals surface area contributed by atoms with Gasteiger partial charge in [0.2, 0.25) is 0 Å². The molecule has 1 aliphatic carbocycles. The number of carbonyl (C=O) groups is 2. The van der Waals surface area contributed by atoms with Gasteiger partial charge in [-0.25, -0.2) is 9.59 Å². The quantitative estimate of drug-likeness (QED) is 0.727. The van der Waals surface area contributed by atoms with E-state index in [2.05, 4.69) is 17.4 Å². The minimum absolute atomic E-state index is 0.0167. The second-order valence-corrected chi connectivity index (χ2v) is 7.41. The van der Waals surface area contributed by atoms with Crippen molar-refractivity contribution in [3.05, 3.63) is 59.7 Å². The minimum atomic E-state index is -1.58. The number of aliphatic hydroxyl groups excluding tert-OH is 1. The summed E-state index contributed by atoms with van der Waals surface area (Å²) < 4.78 is 5.40. The predicted molar refractivity (Wildman–Crippen MR) is 100 cm³/mol. The number of hydrogen-bond acceptors (Lipinski definition) is 4. The maximum Gasteiger partial charge on any atom is 0.407 e. The standard InChI is InChI=1S/C21H23NO5/c1-21(2,18(23)19(24)25)12-22-20(26)27-11-17-15-9-5-3-7-13(15)14-8-4-6-10-16(14)17/h3-10,17-18,23H,11-12H2,1-2H3,(H,22,26)(H,24,25). The summed E-state index contributed by atoms with van der Waals surface area (Å²) in [6.07, 6.45) is -2.21. The van der Waals surface area contributed by atoms with Crippen LogP contribution < -0.4 is 5.32 Å². The van der Waals surface area contributed by atoms with Gasteiger partial charge >= 0.3 is 12.1 Å². The number of fused-ring (bicyclic) bond motifs is 3. The summed E-state index contributed by atoms with van der Waals surface area (Å²) in [5.74, 6) is -1.37. The fourth-order valence-corrected chi connectivity index (χ4v) is 3.38. The Bertz CT molecular complexity index is 816. The highest BCUT2D eigenvalue weighted by molar-refractivity contribution is 5.79. The molecule has 0 aliphatic heterocycles. The first-order valence-corrected chi connectivity index (χ1v) is 8.81. The Morgan fingerprint density at radius 2 is 1.59 bits per heavy atom. The van der Waals surface area contributed by atoms with Crippen molar-refractivity contribution >= 4 is 12.1 Å². The van der Waals surface area contributed by atoms with Crippen molar-refractivity contribution in [2.75, 3.05) is 13.2 Å². The van der Waals surface area contributed by atoms with Crippen LogP contribution >= 0.6 is 0 Å². The molecule has 0 radical (unpaired) electrons. The van der Waals surface area contributed by atoms with Crippen LogP contribution in [-0.2, 0) is 9.53 Å². The van der Waals surface area contributed by atoms with Crippen LogP contribution in [0, 0.1) is 5.41 Å². The second kappa shape index (κ2) is 7.40. The highest BCUT2D eigenvalue weighted by Crippen LogP contribution is 2.44. The number of rotatable bonds is 6. The Hall–Kier alpha value is -2.86. The number of amides is 1. The average molecular weight is 369 g/mol. The van der Waals surface area contributed by atoms with Crippen LogP contribution in [-0.4, -0.2) is 41.5 Å². The van der Waals surface area contributed by atoms with E-state index in [0.717, 1.165) is 22.3 Å². The molecule has 1 amide bonds. The summed E-state index contributed by atoms with van der Waals surface area (Å²) >= 11 is 0. The highest BCUT2D eigenvalue weighted by atomic mass is 16.5. The van der Waals surface area contributed by atoms with Gasteiger partial charge in [-0.05, 0) is 22.3 Å². The molecule has 1 aliphatic rings. The molecular formula is C21H23NO5. The van der Waals surface area contributed by atoms with Gasteiger partial charge in [-0.15, -0.1) is 0 Å². The zero-order valence-electron chi connectivity index (χ0n) is 15.3. The van der Waals surface area contributed by atoms with E-state index in [1.807, 2.05) is 36.4 Å². The van der Waals surface area contributed by atoms with Crippen molar-refractivity contribution in [1.29, 1.82) is 0 Å². The van der Waals surface area contributed by atoms with Crippen molar-refractivity contribution in [3.8, 4) is 11.1 Å². The number of alkyl carbamates (subject to hydrolysis) is 1. The number of carboxylic acid groups (broad SMARTS) is 1. The summed E-state index contributed by atoms with van der Waals surface area (Å²) in [5, 5.41) is 21.2. The molecule has 0 fully saturated rings. The normalized spacial score (nSPS) is 14.2. The van der Waals surface area contributed by atoms with E-state index in [1.165, 1.54) is 0 Å².